The zero-order valence-corrected chi connectivity index (χ0v) is 12.8. The first-order valence-electron chi connectivity index (χ1n) is 6.83. The normalized spacial score (nSPS) is 23.1. The average molecular weight is 298 g/mol. The van der Waals surface area contributed by atoms with Crippen LogP contribution in [0, 0.1) is 5.92 Å². The summed E-state index contributed by atoms with van der Waals surface area (Å²) in [5.74, 6) is 1.22. The van der Waals surface area contributed by atoms with E-state index in [4.69, 9.17) is 11.6 Å². The van der Waals surface area contributed by atoms with E-state index in [1.807, 2.05) is 24.3 Å². The Hall–Kier alpha value is -0.670. The van der Waals surface area contributed by atoms with Crippen molar-refractivity contribution in [3.05, 3.63) is 29.3 Å². The molecule has 1 saturated carbocycles. The summed E-state index contributed by atoms with van der Waals surface area (Å²) < 4.78 is 0. The van der Waals surface area contributed by atoms with E-state index in [0.29, 0.717) is 17.7 Å². The molecule has 0 aromatic heterocycles. The molecule has 0 saturated heterocycles. The van der Waals surface area contributed by atoms with Crippen LogP contribution in [0.15, 0.2) is 29.2 Å². The molecule has 1 aromatic rings. The van der Waals surface area contributed by atoms with Crippen LogP contribution < -0.4 is 5.32 Å². The quantitative estimate of drug-likeness (QED) is 0.847. The Morgan fingerprint density at radius 3 is 2.68 bits per heavy atom. The van der Waals surface area contributed by atoms with Crippen LogP contribution in [0.3, 0.4) is 0 Å². The number of halogens is 1. The maximum absolute atomic E-state index is 11.9. The van der Waals surface area contributed by atoms with Gasteiger partial charge < -0.3 is 5.32 Å². The lowest BCUT2D eigenvalue weighted by molar-refractivity contribution is -0.119. The van der Waals surface area contributed by atoms with Gasteiger partial charge in [0.15, 0.2) is 0 Å². The van der Waals surface area contributed by atoms with Crippen molar-refractivity contribution in [1.82, 2.24) is 5.32 Å². The zero-order valence-electron chi connectivity index (χ0n) is 11.2. The summed E-state index contributed by atoms with van der Waals surface area (Å²) in [7, 11) is 0. The van der Waals surface area contributed by atoms with Crippen LogP contribution in [0.4, 0.5) is 0 Å². The largest absolute Gasteiger partial charge is 0.352 e. The van der Waals surface area contributed by atoms with E-state index in [1.54, 1.807) is 11.8 Å². The summed E-state index contributed by atoms with van der Waals surface area (Å²) in [6.07, 6.45) is 4.89. The number of carbonyl (C=O) groups is 1. The molecule has 1 aromatic carbocycles. The summed E-state index contributed by atoms with van der Waals surface area (Å²) >= 11 is 7.39. The van der Waals surface area contributed by atoms with Gasteiger partial charge >= 0.3 is 0 Å². The molecule has 2 atom stereocenters. The topological polar surface area (TPSA) is 29.1 Å². The van der Waals surface area contributed by atoms with E-state index in [2.05, 4.69) is 12.2 Å². The first kappa shape index (κ1) is 14.7. The van der Waals surface area contributed by atoms with Crippen LogP contribution in [-0.2, 0) is 4.79 Å². The van der Waals surface area contributed by atoms with Crippen LogP contribution in [0.25, 0.3) is 0 Å². The van der Waals surface area contributed by atoms with Gasteiger partial charge in [0, 0.05) is 16.0 Å². The van der Waals surface area contributed by atoms with E-state index in [0.717, 1.165) is 16.3 Å². The van der Waals surface area contributed by atoms with Crippen molar-refractivity contribution in [1.29, 1.82) is 0 Å². The molecule has 1 aliphatic rings. The maximum Gasteiger partial charge on any atom is 0.230 e. The molecule has 2 nitrogen and oxygen atoms in total. The first-order chi connectivity index (χ1) is 9.15. The minimum absolute atomic E-state index is 0.138. The van der Waals surface area contributed by atoms with Gasteiger partial charge in [-0.1, -0.05) is 31.4 Å². The van der Waals surface area contributed by atoms with Gasteiger partial charge in [0.25, 0.3) is 0 Å². The molecule has 1 fully saturated rings. The number of rotatable bonds is 4. The minimum atomic E-state index is 0.138. The van der Waals surface area contributed by atoms with Crippen LogP contribution >= 0.6 is 23.4 Å². The van der Waals surface area contributed by atoms with Crippen LogP contribution in [-0.4, -0.2) is 17.7 Å². The Morgan fingerprint density at radius 1 is 1.32 bits per heavy atom. The Bertz CT molecular complexity index is 421. The number of benzene rings is 1. The van der Waals surface area contributed by atoms with Gasteiger partial charge in [-0.2, -0.15) is 0 Å². The second kappa shape index (κ2) is 7.20. The van der Waals surface area contributed by atoms with Crippen molar-refractivity contribution in [3.8, 4) is 0 Å². The Kier molecular flexibility index (Phi) is 5.59. The van der Waals surface area contributed by atoms with Crippen molar-refractivity contribution in [2.75, 3.05) is 5.75 Å². The molecule has 4 heteroatoms. The monoisotopic (exact) mass is 297 g/mol. The summed E-state index contributed by atoms with van der Waals surface area (Å²) in [4.78, 5) is 13.0. The molecule has 0 bridgehead atoms. The van der Waals surface area contributed by atoms with Crippen molar-refractivity contribution < 1.29 is 4.79 Å². The lowest BCUT2D eigenvalue weighted by Gasteiger charge is -2.29. The third-order valence-electron chi connectivity index (χ3n) is 3.64. The predicted molar refractivity (Wildman–Crippen MR) is 81.7 cm³/mol. The molecule has 1 aliphatic carbocycles. The fraction of sp³-hybridized carbons (Fsp3) is 0.533. The molecule has 0 aliphatic heterocycles. The van der Waals surface area contributed by atoms with Crippen molar-refractivity contribution >= 4 is 29.3 Å². The van der Waals surface area contributed by atoms with E-state index < -0.39 is 0 Å². The van der Waals surface area contributed by atoms with Gasteiger partial charge in [-0.05, 0) is 43.0 Å². The standard InChI is InChI=1S/C15H20ClNOS/c1-11-4-2-3-5-14(11)17-15(18)10-19-13-8-6-12(16)7-9-13/h6-9,11,14H,2-5,10H2,1H3,(H,17,18). The molecule has 19 heavy (non-hydrogen) atoms. The summed E-state index contributed by atoms with van der Waals surface area (Å²) in [5, 5.41) is 3.89. The molecule has 2 rings (SSSR count). The Labute approximate surface area is 124 Å². The fourth-order valence-electron chi connectivity index (χ4n) is 2.46. The summed E-state index contributed by atoms with van der Waals surface area (Å²) in [6, 6.07) is 7.97. The van der Waals surface area contributed by atoms with Gasteiger partial charge in [0.1, 0.15) is 0 Å². The molecular formula is C15H20ClNOS. The minimum Gasteiger partial charge on any atom is -0.352 e. The number of amides is 1. The molecule has 1 N–H and O–H groups in total. The molecule has 0 spiro atoms. The maximum atomic E-state index is 11.9. The van der Waals surface area contributed by atoms with Crippen molar-refractivity contribution in [3.63, 3.8) is 0 Å². The highest BCUT2D eigenvalue weighted by Gasteiger charge is 2.22. The number of nitrogens with one attached hydrogen (secondary N) is 1. The number of carbonyl (C=O) groups excluding carboxylic acids is 1. The van der Waals surface area contributed by atoms with Gasteiger partial charge in [-0.3, -0.25) is 4.79 Å². The van der Waals surface area contributed by atoms with E-state index in [1.165, 1.54) is 19.3 Å². The average Bonchev–Trinajstić information content (AvgIpc) is 2.41. The SMILES string of the molecule is CC1CCCCC1NC(=O)CSc1ccc(Cl)cc1. The second-order valence-corrected chi connectivity index (χ2v) is 6.66. The van der Waals surface area contributed by atoms with Crippen LogP contribution in [0.1, 0.15) is 32.6 Å². The summed E-state index contributed by atoms with van der Waals surface area (Å²) in [6.45, 7) is 2.23. The highest BCUT2D eigenvalue weighted by Crippen LogP contribution is 2.24. The molecule has 0 heterocycles. The highest BCUT2D eigenvalue weighted by atomic mass is 35.5. The van der Waals surface area contributed by atoms with E-state index >= 15 is 0 Å². The third kappa shape index (κ3) is 4.73. The van der Waals surface area contributed by atoms with E-state index in [-0.39, 0.29) is 5.91 Å². The first-order valence-corrected chi connectivity index (χ1v) is 8.19. The third-order valence-corrected chi connectivity index (χ3v) is 4.91. The zero-order chi connectivity index (χ0) is 13.7. The number of hydrogen-bond acceptors (Lipinski definition) is 2. The molecule has 104 valence electrons. The smallest absolute Gasteiger partial charge is 0.230 e. The van der Waals surface area contributed by atoms with E-state index in [9.17, 15) is 4.79 Å². The Morgan fingerprint density at radius 2 is 2.00 bits per heavy atom. The van der Waals surface area contributed by atoms with Gasteiger partial charge in [0.05, 0.1) is 5.75 Å². The number of hydrogen-bond donors (Lipinski definition) is 1. The lowest BCUT2D eigenvalue weighted by atomic mass is 9.86. The molecule has 2 unspecified atom stereocenters. The van der Waals surface area contributed by atoms with Gasteiger partial charge in [-0.15, -0.1) is 11.8 Å². The van der Waals surface area contributed by atoms with Crippen LogP contribution in [0.2, 0.25) is 5.02 Å². The molecular weight excluding hydrogens is 278 g/mol. The van der Waals surface area contributed by atoms with Crippen LogP contribution in [0.5, 0.6) is 0 Å². The summed E-state index contributed by atoms with van der Waals surface area (Å²) in [5.41, 5.74) is 0. The predicted octanol–water partition coefficient (Wildman–Crippen LogP) is 4.13. The second-order valence-electron chi connectivity index (χ2n) is 5.18. The lowest BCUT2D eigenvalue weighted by Crippen LogP contribution is -2.41. The fourth-order valence-corrected chi connectivity index (χ4v) is 3.29. The Balaban J connectivity index is 1.76. The molecule has 0 radical (unpaired) electrons. The van der Waals surface area contributed by atoms with Crippen molar-refractivity contribution in [2.24, 2.45) is 5.92 Å². The highest BCUT2D eigenvalue weighted by molar-refractivity contribution is 8.00. The van der Waals surface area contributed by atoms with Gasteiger partial charge in [0.2, 0.25) is 5.91 Å². The van der Waals surface area contributed by atoms with Gasteiger partial charge in [-0.25, -0.2) is 0 Å². The van der Waals surface area contributed by atoms with Crippen molar-refractivity contribution in [2.45, 2.75) is 43.5 Å². The number of thioether (sulfide) groups is 1. The molecule has 1 amide bonds.